The fourth-order valence-electron chi connectivity index (χ4n) is 2.04. The van der Waals surface area contributed by atoms with Gasteiger partial charge in [-0.25, -0.2) is 4.79 Å². The van der Waals surface area contributed by atoms with Crippen LogP contribution in [0.5, 0.6) is 5.75 Å². The maximum atomic E-state index is 11.8. The van der Waals surface area contributed by atoms with Crippen LogP contribution in [0, 0.1) is 0 Å². The largest absolute Gasteiger partial charge is 0.497 e. The van der Waals surface area contributed by atoms with E-state index in [1.807, 2.05) is 11.5 Å². The molecule has 0 aliphatic rings. The highest BCUT2D eigenvalue weighted by Crippen LogP contribution is 2.16. The molecule has 1 atom stereocenters. The zero-order chi connectivity index (χ0) is 16.7. The van der Waals surface area contributed by atoms with Gasteiger partial charge < -0.3 is 25.0 Å². The Labute approximate surface area is 134 Å². The number of aromatic nitrogens is 3. The molecule has 2 amide bonds. The zero-order valence-corrected chi connectivity index (χ0v) is 13.2. The van der Waals surface area contributed by atoms with Crippen LogP contribution in [0.25, 0.3) is 0 Å². The van der Waals surface area contributed by atoms with Gasteiger partial charge >= 0.3 is 6.03 Å². The molecule has 23 heavy (non-hydrogen) atoms. The minimum absolute atomic E-state index is 0.110. The van der Waals surface area contributed by atoms with Gasteiger partial charge in [-0.2, -0.15) is 0 Å². The lowest BCUT2D eigenvalue weighted by Gasteiger charge is -2.13. The maximum Gasteiger partial charge on any atom is 0.315 e. The topological polar surface area (TPSA) is 101 Å². The van der Waals surface area contributed by atoms with Crippen molar-refractivity contribution >= 4 is 6.03 Å². The maximum absolute atomic E-state index is 11.8. The first-order valence-electron chi connectivity index (χ1n) is 7.34. The Morgan fingerprint density at radius 2 is 2.09 bits per heavy atom. The van der Waals surface area contributed by atoms with Crippen LogP contribution in [-0.4, -0.2) is 39.6 Å². The number of rotatable bonds is 7. The van der Waals surface area contributed by atoms with E-state index in [1.54, 1.807) is 37.7 Å². The molecular weight excluding hydrogens is 298 g/mol. The Hall–Kier alpha value is -2.61. The third kappa shape index (κ3) is 4.68. The van der Waals surface area contributed by atoms with Crippen LogP contribution in [-0.2, 0) is 13.1 Å². The molecule has 1 unspecified atom stereocenters. The smallest absolute Gasteiger partial charge is 0.315 e. The molecule has 0 saturated carbocycles. The van der Waals surface area contributed by atoms with E-state index < -0.39 is 6.10 Å². The van der Waals surface area contributed by atoms with Crippen molar-refractivity contribution < 1.29 is 14.6 Å². The van der Waals surface area contributed by atoms with Gasteiger partial charge in [0.2, 0.25) is 0 Å². The first-order valence-corrected chi connectivity index (χ1v) is 7.34. The number of ether oxygens (including phenoxy) is 1. The molecule has 0 bridgehead atoms. The van der Waals surface area contributed by atoms with E-state index in [9.17, 15) is 9.90 Å². The van der Waals surface area contributed by atoms with Gasteiger partial charge in [0.15, 0.2) is 5.82 Å². The van der Waals surface area contributed by atoms with Crippen molar-refractivity contribution in [2.24, 2.45) is 0 Å². The van der Waals surface area contributed by atoms with Gasteiger partial charge in [0.05, 0.1) is 19.8 Å². The summed E-state index contributed by atoms with van der Waals surface area (Å²) in [6.45, 7) is 3.09. The molecule has 124 valence electrons. The Bertz CT molecular complexity index is 626. The number of aliphatic hydroxyl groups is 1. The summed E-state index contributed by atoms with van der Waals surface area (Å²) in [7, 11) is 1.58. The molecule has 8 nitrogen and oxygen atoms in total. The van der Waals surface area contributed by atoms with Crippen molar-refractivity contribution in [1.82, 2.24) is 25.4 Å². The third-order valence-corrected chi connectivity index (χ3v) is 3.40. The number of methoxy groups -OCH3 is 1. The quantitative estimate of drug-likeness (QED) is 0.702. The van der Waals surface area contributed by atoms with Crippen molar-refractivity contribution in [2.75, 3.05) is 13.7 Å². The molecule has 1 aromatic heterocycles. The molecule has 0 radical (unpaired) electrons. The van der Waals surface area contributed by atoms with Crippen molar-refractivity contribution in [1.29, 1.82) is 0 Å². The van der Waals surface area contributed by atoms with E-state index >= 15 is 0 Å². The number of amides is 2. The molecule has 1 heterocycles. The number of hydrogen-bond donors (Lipinski definition) is 3. The molecule has 0 fully saturated rings. The minimum Gasteiger partial charge on any atom is -0.497 e. The average molecular weight is 319 g/mol. The molecule has 3 N–H and O–H groups in total. The fourth-order valence-corrected chi connectivity index (χ4v) is 2.04. The monoisotopic (exact) mass is 319 g/mol. The van der Waals surface area contributed by atoms with Gasteiger partial charge in [-0.05, 0) is 24.6 Å². The van der Waals surface area contributed by atoms with Crippen LogP contribution < -0.4 is 15.4 Å². The number of hydrogen-bond acceptors (Lipinski definition) is 5. The highest BCUT2D eigenvalue weighted by atomic mass is 16.5. The Morgan fingerprint density at radius 1 is 1.35 bits per heavy atom. The number of aliphatic hydroxyl groups excluding tert-OH is 1. The summed E-state index contributed by atoms with van der Waals surface area (Å²) >= 11 is 0. The third-order valence-electron chi connectivity index (χ3n) is 3.40. The van der Waals surface area contributed by atoms with Crippen LogP contribution in [0.1, 0.15) is 24.4 Å². The van der Waals surface area contributed by atoms with E-state index in [0.29, 0.717) is 17.1 Å². The molecule has 1 aromatic carbocycles. The standard InChI is InChI=1S/C15H21N5O3/c1-3-20-10-18-19-14(20)9-17-15(22)16-8-13(21)11-4-6-12(23-2)7-5-11/h4-7,10,13,21H,3,8-9H2,1-2H3,(H2,16,17,22). The van der Waals surface area contributed by atoms with Gasteiger partial charge in [0.25, 0.3) is 0 Å². The van der Waals surface area contributed by atoms with Crippen LogP contribution in [0.15, 0.2) is 30.6 Å². The highest BCUT2D eigenvalue weighted by molar-refractivity contribution is 5.73. The summed E-state index contributed by atoms with van der Waals surface area (Å²) in [6, 6.07) is 6.66. The van der Waals surface area contributed by atoms with Gasteiger partial charge in [0, 0.05) is 13.1 Å². The summed E-state index contributed by atoms with van der Waals surface area (Å²) in [4.78, 5) is 11.8. The average Bonchev–Trinajstić information content (AvgIpc) is 3.05. The summed E-state index contributed by atoms with van der Waals surface area (Å²) in [5.74, 6) is 1.39. The lowest BCUT2D eigenvalue weighted by Crippen LogP contribution is -2.37. The molecule has 0 saturated heterocycles. The summed E-state index contributed by atoms with van der Waals surface area (Å²) in [5, 5.41) is 23.1. The van der Waals surface area contributed by atoms with E-state index in [0.717, 1.165) is 6.54 Å². The number of nitrogens with one attached hydrogen (secondary N) is 2. The van der Waals surface area contributed by atoms with Crippen LogP contribution in [0.3, 0.4) is 0 Å². The Balaban J connectivity index is 1.77. The number of nitrogens with zero attached hydrogens (tertiary/aromatic N) is 3. The number of benzene rings is 1. The van der Waals surface area contributed by atoms with Crippen LogP contribution in [0.4, 0.5) is 4.79 Å². The normalized spacial score (nSPS) is 11.8. The summed E-state index contributed by atoms with van der Waals surface area (Å²) < 4.78 is 6.90. The lowest BCUT2D eigenvalue weighted by molar-refractivity contribution is 0.173. The SMILES string of the molecule is CCn1cnnc1CNC(=O)NCC(O)c1ccc(OC)cc1. The van der Waals surface area contributed by atoms with Gasteiger partial charge in [-0.1, -0.05) is 12.1 Å². The van der Waals surface area contributed by atoms with Crippen LogP contribution >= 0.6 is 0 Å². The van der Waals surface area contributed by atoms with Crippen molar-refractivity contribution in [3.8, 4) is 5.75 Å². The number of carbonyl (C=O) groups excluding carboxylic acids is 1. The molecule has 0 aliphatic carbocycles. The molecule has 0 aliphatic heterocycles. The fraction of sp³-hybridized carbons (Fsp3) is 0.400. The molecule has 2 rings (SSSR count). The van der Waals surface area contributed by atoms with E-state index in [1.165, 1.54) is 0 Å². The first-order chi connectivity index (χ1) is 11.1. The summed E-state index contributed by atoms with van der Waals surface area (Å²) in [6.07, 6.45) is 0.827. The van der Waals surface area contributed by atoms with E-state index in [2.05, 4.69) is 20.8 Å². The van der Waals surface area contributed by atoms with Crippen molar-refractivity contribution in [3.63, 3.8) is 0 Å². The second-order valence-electron chi connectivity index (χ2n) is 4.89. The molecular formula is C15H21N5O3. The second kappa shape index (κ2) is 8.14. The van der Waals surface area contributed by atoms with Gasteiger partial charge in [-0.3, -0.25) is 0 Å². The Morgan fingerprint density at radius 3 is 2.74 bits per heavy atom. The molecule has 2 aromatic rings. The van der Waals surface area contributed by atoms with Crippen LogP contribution in [0.2, 0.25) is 0 Å². The highest BCUT2D eigenvalue weighted by Gasteiger charge is 2.10. The van der Waals surface area contributed by atoms with E-state index in [4.69, 9.17) is 4.74 Å². The minimum atomic E-state index is -0.786. The van der Waals surface area contributed by atoms with E-state index in [-0.39, 0.29) is 19.1 Å². The predicted molar refractivity (Wildman–Crippen MR) is 83.9 cm³/mol. The zero-order valence-electron chi connectivity index (χ0n) is 13.2. The first kappa shape index (κ1) is 16.8. The second-order valence-corrected chi connectivity index (χ2v) is 4.89. The predicted octanol–water partition coefficient (Wildman–Crippen LogP) is 0.839. The van der Waals surface area contributed by atoms with Crippen molar-refractivity contribution in [3.05, 3.63) is 42.0 Å². The number of carbonyl (C=O) groups is 1. The lowest BCUT2D eigenvalue weighted by atomic mass is 10.1. The van der Waals surface area contributed by atoms with Gasteiger partial charge in [0.1, 0.15) is 12.1 Å². The number of urea groups is 1. The molecule has 8 heteroatoms. The van der Waals surface area contributed by atoms with Crippen molar-refractivity contribution in [2.45, 2.75) is 26.1 Å². The molecule has 0 spiro atoms. The summed E-state index contributed by atoms with van der Waals surface area (Å²) in [5.41, 5.74) is 0.705. The Kier molecular flexibility index (Phi) is 5.93. The van der Waals surface area contributed by atoms with Gasteiger partial charge in [-0.15, -0.1) is 10.2 Å². The number of aryl methyl sites for hydroxylation is 1.